The molecule has 0 aliphatic heterocycles. The number of aryl methyl sites for hydroxylation is 1. The molecule has 0 aliphatic carbocycles. The predicted molar refractivity (Wildman–Crippen MR) is 106 cm³/mol. The zero-order chi connectivity index (χ0) is 17.1. The molecular weight excluding hydrogens is 328 g/mol. The van der Waals surface area contributed by atoms with Crippen LogP contribution in [-0.4, -0.2) is 22.3 Å². The molecule has 0 atom stereocenters. The Hall–Kier alpha value is -2.46. The van der Waals surface area contributed by atoms with Crippen molar-refractivity contribution < 1.29 is 4.74 Å². The van der Waals surface area contributed by atoms with Crippen molar-refractivity contribution in [3.05, 3.63) is 66.2 Å². The molecular formula is C21H20N2OS. The normalized spacial score (nSPS) is 11.2. The molecule has 0 amide bonds. The SMILES string of the molecule is Cc1ccc2nc(SCCCOc3cccc4ccccc34)[nH]c2c1. The van der Waals surface area contributed by atoms with Gasteiger partial charge in [-0.15, -0.1) is 0 Å². The number of benzene rings is 3. The van der Waals surface area contributed by atoms with Gasteiger partial charge in [0.05, 0.1) is 17.6 Å². The lowest BCUT2D eigenvalue weighted by molar-refractivity contribution is 0.322. The van der Waals surface area contributed by atoms with Crippen LogP contribution in [0.5, 0.6) is 5.75 Å². The number of aromatic nitrogens is 2. The monoisotopic (exact) mass is 348 g/mol. The number of fused-ring (bicyclic) bond motifs is 2. The van der Waals surface area contributed by atoms with Crippen LogP contribution in [0.15, 0.2) is 65.8 Å². The Labute approximate surface area is 151 Å². The second kappa shape index (κ2) is 7.19. The second-order valence-corrected chi connectivity index (χ2v) is 7.17. The van der Waals surface area contributed by atoms with E-state index in [9.17, 15) is 0 Å². The fourth-order valence-corrected chi connectivity index (χ4v) is 3.70. The summed E-state index contributed by atoms with van der Waals surface area (Å²) < 4.78 is 5.99. The molecule has 1 heterocycles. The Morgan fingerprint density at radius 2 is 1.92 bits per heavy atom. The quantitative estimate of drug-likeness (QED) is 0.365. The van der Waals surface area contributed by atoms with E-state index in [1.165, 1.54) is 16.3 Å². The summed E-state index contributed by atoms with van der Waals surface area (Å²) in [5.74, 6) is 1.94. The highest BCUT2D eigenvalue weighted by molar-refractivity contribution is 7.99. The Balaban J connectivity index is 1.31. The number of rotatable bonds is 6. The Bertz CT molecular complexity index is 1000. The number of imidazole rings is 1. The van der Waals surface area contributed by atoms with E-state index in [1.807, 2.05) is 18.2 Å². The first-order valence-electron chi connectivity index (χ1n) is 8.49. The third-order valence-corrected chi connectivity index (χ3v) is 5.11. The largest absolute Gasteiger partial charge is 0.493 e. The summed E-state index contributed by atoms with van der Waals surface area (Å²) in [6.07, 6.45) is 0.976. The zero-order valence-corrected chi connectivity index (χ0v) is 15.0. The molecule has 3 aromatic carbocycles. The average Bonchev–Trinajstić information content (AvgIpc) is 3.03. The van der Waals surface area contributed by atoms with Gasteiger partial charge in [-0.25, -0.2) is 4.98 Å². The van der Waals surface area contributed by atoms with E-state index in [0.717, 1.165) is 34.1 Å². The first kappa shape index (κ1) is 16.0. The van der Waals surface area contributed by atoms with Crippen molar-refractivity contribution in [1.82, 2.24) is 9.97 Å². The summed E-state index contributed by atoms with van der Waals surface area (Å²) in [4.78, 5) is 8.00. The third kappa shape index (κ3) is 3.64. The maximum absolute atomic E-state index is 5.99. The van der Waals surface area contributed by atoms with Gasteiger partial charge in [0.2, 0.25) is 0 Å². The lowest BCUT2D eigenvalue weighted by atomic mass is 10.1. The van der Waals surface area contributed by atoms with Crippen molar-refractivity contribution in [2.45, 2.75) is 18.5 Å². The summed E-state index contributed by atoms with van der Waals surface area (Å²) in [5, 5.41) is 3.36. The highest BCUT2D eigenvalue weighted by Gasteiger charge is 2.04. The minimum atomic E-state index is 0.709. The number of hydrogen-bond donors (Lipinski definition) is 1. The fourth-order valence-electron chi connectivity index (χ4n) is 2.90. The summed E-state index contributed by atoms with van der Waals surface area (Å²) >= 11 is 1.74. The number of nitrogens with zero attached hydrogens (tertiary/aromatic N) is 1. The molecule has 25 heavy (non-hydrogen) atoms. The molecule has 0 spiro atoms. The van der Waals surface area contributed by atoms with Gasteiger partial charge in [0.15, 0.2) is 5.16 Å². The second-order valence-electron chi connectivity index (χ2n) is 6.09. The first-order valence-corrected chi connectivity index (χ1v) is 9.48. The number of nitrogens with one attached hydrogen (secondary N) is 1. The molecule has 0 unspecified atom stereocenters. The third-order valence-electron chi connectivity index (χ3n) is 4.15. The van der Waals surface area contributed by atoms with Crippen molar-refractivity contribution >= 4 is 33.6 Å². The van der Waals surface area contributed by atoms with Crippen LogP contribution in [-0.2, 0) is 0 Å². The lowest BCUT2D eigenvalue weighted by Gasteiger charge is -2.08. The molecule has 1 N–H and O–H groups in total. The smallest absolute Gasteiger partial charge is 0.166 e. The summed E-state index contributed by atoms with van der Waals surface area (Å²) in [7, 11) is 0. The molecule has 126 valence electrons. The topological polar surface area (TPSA) is 37.9 Å². The molecule has 4 rings (SSSR count). The molecule has 0 radical (unpaired) electrons. The van der Waals surface area contributed by atoms with Crippen LogP contribution in [0.3, 0.4) is 0 Å². The molecule has 0 saturated carbocycles. The van der Waals surface area contributed by atoms with Crippen molar-refractivity contribution in [3.63, 3.8) is 0 Å². The fraction of sp³-hybridized carbons (Fsp3) is 0.190. The summed E-state index contributed by atoms with van der Waals surface area (Å²) in [6.45, 7) is 2.80. The minimum absolute atomic E-state index is 0.709. The maximum atomic E-state index is 5.99. The number of thioether (sulfide) groups is 1. The van der Waals surface area contributed by atoms with Gasteiger partial charge in [-0.2, -0.15) is 0 Å². The predicted octanol–water partition coefficient (Wildman–Crippen LogP) is 5.59. The Morgan fingerprint density at radius 3 is 2.88 bits per heavy atom. The van der Waals surface area contributed by atoms with Crippen LogP contribution in [0, 0.1) is 6.92 Å². The zero-order valence-electron chi connectivity index (χ0n) is 14.2. The number of hydrogen-bond acceptors (Lipinski definition) is 3. The van der Waals surface area contributed by atoms with E-state index in [-0.39, 0.29) is 0 Å². The van der Waals surface area contributed by atoms with Crippen LogP contribution in [0.1, 0.15) is 12.0 Å². The molecule has 0 bridgehead atoms. The van der Waals surface area contributed by atoms with E-state index in [4.69, 9.17) is 4.74 Å². The first-order chi connectivity index (χ1) is 12.3. The van der Waals surface area contributed by atoms with Crippen LogP contribution < -0.4 is 4.74 Å². The Morgan fingerprint density at radius 1 is 1.04 bits per heavy atom. The molecule has 0 fully saturated rings. The molecule has 3 nitrogen and oxygen atoms in total. The van der Waals surface area contributed by atoms with Crippen molar-refractivity contribution in [3.8, 4) is 5.75 Å². The molecule has 4 heteroatoms. The van der Waals surface area contributed by atoms with E-state index in [1.54, 1.807) is 11.8 Å². The van der Waals surface area contributed by atoms with E-state index in [0.29, 0.717) is 6.61 Å². The van der Waals surface area contributed by atoms with Gasteiger partial charge in [-0.05, 0) is 42.5 Å². The van der Waals surface area contributed by atoms with Gasteiger partial charge in [0, 0.05) is 11.1 Å². The summed E-state index contributed by atoms with van der Waals surface area (Å²) in [6, 6.07) is 20.8. The maximum Gasteiger partial charge on any atom is 0.166 e. The van der Waals surface area contributed by atoms with Gasteiger partial charge in [-0.1, -0.05) is 54.2 Å². The van der Waals surface area contributed by atoms with Gasteiger partial charge >= 0.3 is 0 Å². The lowest BCUT2D eigenvalue weighted by Crippen LogP contribution is -1.99. The van der Waals surface area contributed by atoms with Crippen LogP contribution in [0.25, 0.3) is 21.8 Å². The number of ether oxygens (including phenoxy) is 1. The number of aromatic amines is 1. The molecule has 4 aromatic rings. The van der Waals surface area contributed by atoms with Gasteiger partial charge in [-0.3, -0.25) is 0 Å². The van der Waals surface area contributed by atoms with Gasteiger partial charge < -0.3 is 9.72 Å². The average molecular weight is 348 g/mol. The van der Waals surface area contributed by atoms with E-state index in [2.05, 4.69) is 59.4 Å². The van der Waals surface area contributed by atoms with Crippen LogP contribution >= 0.6 is 11.8 Å². The van der Waals surface area contributed by atoms with E-state index < -0.39 is 0 Å². The van der Waals surface area contributed by atoms with Crippen LogP contribution in [0.4, 0.5) is 0 Å². The van der Waals surface area contributed by atoms with Gasteiger partial charge in [0.1, 0.15) is 5.75 Å². The minimum Gasteiger partial charge on any atom is -0.493 e. The molecule has 1 aromatic heterocycles. The van der Waals surface area contributed by atoms with Crippen molar-refractivity contribution in [1.29, 1.82) is 0 Å². The van der Waals surface area contributed by atoms with Crippen molar-refractivity contribution in [2.75, 3.05) is 12.4 Å². The molecule has 0 aliphatic rings. The Kier molecular flexibility index (Phi) is 4.61. The highest BCUT2D eigenvalue weighted by atomic mass is 32.2. The highest BCUT2D eigenvalue weighted by Crippen LogP contribution is 2.26. The van der Waals surface area contributed by atoms with E-state index >= 15 is 0 Å². The standard InChI is InChI=1S/C21H20N2OS/c1-15-10-11-18-19(14-15)23-21(22-18)25-13-5-12-24-20-9-4-7-16-6-2-3-8-17(16)20/h2-4,6-11,14H,5,12-13H2,1H3,(H,22,23). The van der Waals surface area contributed by atoms with Crippen LogP contribution in [0.2, 0.25) is 0 Å². The van der Waals surface area contributed by atoms with Gasteiger partial charge in [0.25, 0.3) is 0 Å². The number of H-pyrrole nitrogens is 1. The summed E-state index contributed by atoms with van der Waals surface area (Å²) in [5.41, 5.74) is 3.38. The molecule has 0 saturated heterocycles. The van der Waals surface area contributed by atoms with Crippen molar-refractivity contribution in [2.24, 2.45) is 0 Å².